The Bertz CT molecular complexity index is 757. The highest BCUT2D eigenvalue weighted by molar-refractivity contribution is 6.39. The smallest absolute Gasteiger partial charge is 0.337 e. The molecule has 2 aromatic carbocycles. The van der Waals surface area contributed by atoms with Crippen LogP contribution in [0.1, 0.15) is 29.3 Å². The first-order valence-corrected chi connectivity index (χ1v) is 8.33. The summed E-state index contributed by atoms with van der Waals surface area (Å²) in [6.45, 7) is 1.86. The van der Waals surface area contributed by atoms with Crippen LogP contribution in [0.3, 0.4) is 0 Å². The highest BCUT2D eigenvalue weighted by atomic mass is 16.5. The van der Waals surface area contributed by atoms with Crippen molar-refractivity contribution in [2.45, 2.75) is 25.8 Å². The fourth-order valence-electron chi connectivity index (χ4n) is 2.38. The van der Waals surface area contributed by atoms with Crippen LogP contribution in [0.25, 0.3) is 0 Å². The Labute approximate surface area is 152 Å². The number of nitrogens with one attached hydrogen (secondary N) is 2. The predicted molar refractivity (Wildman–Crippen MR) is 98.8 cm³/mol. The Balaban J connectivity index is 1.81. The molecule has 26 heavy (non-hydrogen) atoms. The zero-order valence-corrected chi connectivity index (χ0v) is 14.8. The summed E-state index contributed by atoms with van der Waals surface area (Å²) < 4.78 is 4.60. The van der Waals surface area contributed by atoms with Gasteiger partial charge in [-0.05, 0) is 49.6 Å². The second kappa shape index (κ2) is 9.36. The lowest BCUT2D eigenvalue weighted by Gasteiger charge is -2.14. The van der Waals surface area contributed by atoms with E-state index in [2.05, 4.69) is 15.4 Å². The number of methoxy groups -OCH3 is 1. The Morgan fingerprint density at radius 3 is 2.23 bits per heavy atom. The first kappa shape index (κ1) is 19.2. The molecule has 1 atom stereocenters. The summed E-state index contributed by atoms with van der Waals surface area (Å²) in [5.41, 5.74) is 1.97. The van der Waals surface area contributed by atoms with Gasteiger partial charge in [-0.3, -0.25) is 9.59 Å². The molecule has 6 nitrogen and oxygen atoms in total. The van der Waals surface area contributed by atoms with Gasteiger partial charge >= 0.3 is 17.8 Å². The molecular weight excluding hydrogens is 332 g/mol. The van der Waals surface area contributed by atoms with Crippen molar-refractivity contribution in [3.63, 3.8) is 0 Å². The average molecular weight is 354 g/mol. The summed E-state index contributed by atoms with van der Waals surface area (Å²) in [6, 6.07) is 15.9. The second-order valence-electron chi connectivity index (χ2n) is 5.92. The number of carbonyl (C=O) groups excluding carboxylic acids is 3. The summed E-state index contributed by atoms with van der Waals surface area (Å²) in [4.78, 5) is 35.3. The van der Waals surface area contributed by atoms with E-state index in [-0.39, 0.29) is 6.04 Å². The molecule has 6 heteroatoms. The van der Waals surface area contributed by atoms with Crippen molar-refractivity contribution >= 4 is 23.5 Å². The van der Waals surface area contributed by atoms with Gasteiger partial charge in [0.15, 0.2) is 0 Å². The molecule has 0 saturated heterocycles. The minimum atomic E-state index is -0.748. The van der Waals surface area contributed by atoms with Crippen LogP contribution < -0.4 is 10.6 Å². The Kier molecular flexibility index (Phi) is 6.91. The van der Waals surface area contributed by atoms with E-state index in [9.17, 15) is 14.4 Å². The third-order valence-corrected chi connectivity index (χ3v) is 3.86. The SMILES string of the molecule is COC(=O)c1ccc(NC(=O)C(=O)NC(C)CCc2ccccc2)cc1. The summed E-state index contributed by atoms with van der Waals surface area (Å²) in [5, 5.41) is 5.19. The van der Waals surface area contributed by atoms with Crippen molar-refractivity contribution in [3.8, 4) is 0 Å². The number of esters is 1. The molecule has 0 spiro atoms. The number of rotatable bonds is 6. The van der Waals surface area contributed by atoms with E-state index in [0.717, 1.165) is 12.8 Å². The van der Waals surface area contributed by atoms with Crippen molar-refractivity contribution in [1.82, 2.24) is 5.32 Å². The van der Waals surface area contributed by atoms with E-state index < -0.39 is 17.8 Å². The largest absolute Gasteiger partial charge is 0.465 e. The van der Waals surface area contributed by atoms with Gasteiger partial charge in [-0.25, -0.2) is 4.79 Å². The first-order valence-electron chi connectivity index (χ1n) is 8.33. The molecule has 136 valence electrons. The van der Waals surface area contributed by atoms with Crippen molar-refractivity contribution in [1.29, 1.82) is 0 Å². The van der Waals surface area contributed by atoms with Crippen LogP contribution in [0, 0.1) is 0 Å². The quantitative estimate of drug-likeness (QED) is 0.617. The monoisotopic (exact) mass is 354 g/mol. The van der Waals surface area contributed by atoms with Crippen LogP contribution in [-0.4, -0.2) is 30.9 Å². The van der Waals surface area contributed by atoms with Crippen LogP contribution in [0.5, 0.6) is 0 Å². The van der Waals surface area contributed by atoms with Gasteiger partial charge in [0.2, 0.25) is 0 Å². The van der Waals surface area contributed by atoms with Gasteiger partial charge in [-0.15, -0.1) is 0 Å². The molecule has 0 saturated carbocycles. The predicted octanol–water partition coefficient (Wildman–Crippen LogP) is 2.55. The molecule has 0 heterocycles. The maximum absolute atomic E-state index is 12.0. The molecule has 0 fully saturated rings. The summed E-state index contributed by atoms with van der Waals surface area (Å²) in [6.07, 6.45) is 1.55. The topological polar surface area (TPSA) is 84.5 Å². The molecule has 0 aliphatic carbocycles. The Morgan fingerprint density at radius 2 is 1.62 bits per heavy atom. The van der Waals surface area contributed by atoms with Crippen molar-refractivity contribution in [2.75, 3.05) is 12.4 Å². The number of hydrogen-bond donors (Lipinski definition) is 2. The van der Waals surface area contributed by atoms with Crippen LogP contribution >= 0.6 is 0 Å². The Morgan fingerprint density at radius 1 is 0.962 bits per heavy atom. The molecule has 1 unspecified atom stereocenters. The molecule has 0 aromatic heterocycles. The van der Waals surface area contributed by atoms with E-state index in [1.165, 1.54) is 36.9 Å². The fraction of sp³-hybridized carbons (Fsp3) is 0.250. The summed E-state index contributed by atoms with van der Waals surface area (Å²) in [7, 11) is 1.29. The highest BCUT2D eigenvalue weighted by Gasteiger charge is 2.16. The van der Waals surface area contributed by atoms with Gasteiger partial charge in [0.05, 0.1) is 12.7 Å². The standard InChI is InChI=1S/C20H22N2O4/c1-14(8-9-15-6-4-3-5-7-15)21-18(23)19(24)22-17-12-10-16(11-13-17)20(25)26-2/h3-7,10-14H,8-9H2,1-2H3,(H,21,23)(H,22,24). The van der Waals surface area contributed by atoms with Gasteiger partial charge in [0, 0.05) is 11.7 Å². The number of ether oxygens (including phenoxy) is 1. The van der Waals surface area contributed by atoms with E-state index in [4.69, 9.17) is 0 Å². The van der Waals surface area contributed by atoms with E-state index in [1.54, 1.807) is 0 Å². The first-order chi connectivity index (χ1) is 12.5. The second-order valence-corrected chi connectivity index (χ2v) is 5.92. The number of amides is 2. The number of hydrogen-bond acceptors (Lipinski definition) is 4. The third kappa shape index (κ3) is 5.73. The molecule has 0 aliphatic rings. The molecule has 0 bridgehead atoms. The Hall–Kier alpha value is -3.15. The zero-order valence-electron chi connectivity index (χ0n) is 14.8. The van der Waals surface area contributed by atoms with Gasteiger partial charge in [0.25, 0.3) is 0 Å². The van der Waals surface area contributed by atoms with Gasteiger partial charge in [0.1, 0.15) is 0 Å². The van der Waals surface area contributed by atoms with Gasteiger partial charge in [-0.2, -0.15) is 0 Å². The maximum Gasteiger partial charge on any atom is 0.337 e. The maximum atomic E-state index is 12.0. The van der Waals surface area contributed by atoms with Gasteiger partial charge < -0.3 is 15.4 Å². The van der Waals surface area contributed by atoms with Crippen LogP contribution in [-0.2, 0) is 20.7 Å². The lowest BCUT2D eigenvalue weighted by molar-refractivity contribution is -0.136. The van der Waals surface area contributed by atoms with Gasteiger partial charge in [-0.1, -0.05) is 30.3 Å². The number of aryl methyl sites for hydroxylation is 1. The van der Waals surface area contributed by atoms with E-state index in [1.807, 2.05) is 37.3 Å². The van der Waals surface area contributed by atoms with Crippen molar-refractivity contribution in [3.05, 3.63) is 65.7 Å². The lowest BCUT2D eigenvalue weighted by Crippen LogP contribution is -2.40. The lowest BCUT2D eigenvalue weighted by atomic mass is 10.1. The van der Waals surface area contributed by atoms with Crippen molar-refractivity contribution < 1.29 is 19.1 Å². The summed E-state index contributed by atoms with van der Waals surface area (Å²) in [5.74, 6) is -1.90. The molecule has 0 radical (unpaired) electrons. The number of carbonyl (C=O) groups is 3. The zero-order chi connectivity index (χ0) is 18.9. The molecule has 2 N–H and O–H groups in total. The average Bonchev–Trinajstić information content (AvgIpc) is 2.67. The van der Waals surface area contributed by atoms with Crippen LogP contribution in [0.4, 0.5) is 5.69 Å². The number of anilines is 1. The third-order valence-electron chi connectivity index (χ3n) is 3.86. The normalized spacial score (nSPS) is 11.3. The molecule has 2 rings (SSSR count). The minimum Gasteiger partial charge on any atom is -0.465 e. The van der Waals surface area contributed by atoms with E-state index in [0.29, 0.717) is 11.3 Å². The fourth-order valence-corrected chi connectivity index (χ4v) is 2.38. The highest BCUT2D eigenvalue weighted by Crippen LogP contribution is 2.10. The minimum absolute atomic E-state index is 0.129. The van der Waals surface area contributed by atoms with E-state index >= 15 is 0 Å². The van der Waals surface area contributed by atoms with Crippen LogP contribution in [0.15, 0.2) is 54.6 Å². The molecule has 2 amide bonds. The van der Waals surface area contributed by atoms with Crippen molar-refractivity contribution in [2.24, 2.45) is 0 Å². The molecule has 2 aromatic rings. The molecular formula is C20H22N2O4. The number of benzene rings is 2. The van der Waals surface area contributed by atoms with Crippen LogP contribution in [0.2, 0.25) is 0 Å². The molecule has 0 aliphatic heterocycles. The summed E-state index contributed by atoms with van der Waals surface area (Å²) >= 11 is 0.